The van der Waals surface area contributed by atoms with Crippen LogP contribution in [0.4, 0.5) is 5.69 Å². The molecule has 0 fully saturated rings. The zero-order valence-corrected chi connectivity index (χ0v) is 20.1. The van der Waals surface area contributed by atoms with Gasteiger partial charge in [0.15, 0.2) is 0 Å². The molecule has 0 saturated heterocycles. The lowest BCUT2D eigenvalue weighted by Gasteiger charge is -2.19. The van der Waals surface area contributed by atoms with E-state index in [-0.39, 0.29) is 11.4 Å². The van der Waals surface area contributed by atoms with Crippen molar-refractivity contribution >= 4 is 15.7 Å². The molecule has 1 N–H and O–H groups in total. The number of anilines is 1. The fraction of sp³-hybridized carbons (Fsp3) is 0.364. The summed E-state index contributed by atoms with van der Waals surface area (Å²) in [5.41, 5.74) is 1.14. The molecule has 1 heterocycles. The molecule has 0 atom stereocenters. The lowest BCUT2D eigenvalue weighted by molar-refractivity contribution is 0.381. The first-order valence-electron chi connectivity index (χ1n) is 10.3. The highest BCUT2D eigenvalue weighted by atomic mass is 32.2. The predicted octanol–water partition coefficient (Wildman–Crippen LogP) is 3.41. The number of nitrogens with one attached hydrogen (secondary N) is 1. The summed E-state index contributed by atoms with van der Waals surface area (Å²) in [6.07, 6.45) is 0. The lowest BCUT2D eigenvalue weighted by Crippen LogP contribution is -2.30. The summed E-state index contributed by atoms with van der Waals surface area (Å²) in [6.45, 7) is 4.53. The fourth-order valence-corrected chi connectivity index (χ4v) is 4.77. The number of aromatic nitrogens is 2. The van der Waals surface area contributed by atoms with Crippen molar-refractivity contribution < 1.29 is 27.2 Å². The zero-order chi connectivity index (χ0) is 24.0. The van der Waals surface area contributed by atoms with Crippen molar-refractivity contribution in [3.8, 4) is 28.6 Å². The Morgan fingerprint density at radius 2 is 1.70 bits per heavy atom. The number of hydrogen-bond acceptors (Lipinski definition) is 9. The number of sulfonamides is 1. The van der Waals surface area contributed by atoms with E-state index in [0.29, 0.717) is 53.3 Å². The van der Waals surface area contributed by atoms with Crippen LogP contribution in [0.1, 0.15) is 19.7 Å². The summed E-state index contributed by atoms with van der Waals surface area (Å²) in [4.78, 5) is 4.58. The van der Waals surface area contributed by atoms with E-state index in [1.165, 1.54) is 23.5 Å². The van der Waals surface area contributed by atoms with Gasteiger partial charge in [0.05, 0.1) is 44.0 Å². The van der Waals surface area contributed by atoms with E-state index >= 15 is 0 Å². The number of ether oxygens (including phenoxy) is 3. The Kier molecular flexibility index (Phi) is 7.77. The summed E-state index contributed by atoms with van der Waals surface area (Å²) in [6, 6.07) is 9.97. The van der Waals surface area contributed by atoms with Gasteiger partial charge in [-0.05, 0) is 30.3 Å². The number of hydrogen-bond donors (Lipinski definition) is 1. The molecule has 0 bridgehead atoms. The van der Waals surface area contributed by atoms with Crippen LogP contribution in [-0.4, -0.2) is 57.3 Å². The quantitative estimate of drug-likeness (QED) is 0.444. The molecule has 0 unspecified atom stereocenters. The summed E-state index contributed by atoms with van der Waals surface area (Å²) in [5, 5.41) is 7.15. The summed E-state index contributed by atoms with van der Waals surface area (Å²) in [7, 11) is 1.02. The Hall–Kier alpha value is -3.31. The van der Waals surface area contributed by atoms with E-state index in [1.807, 2.05) is 0 Å². The highest BCUT2D eigenvalue weighted by Crippen LogP contribution is 2.32. The van der Waals surface area contributed by atoms with Gasteiger partial charge >= 0.3 is 0 Å². The minimum Gasteiger partial charge on any atom is -0.497 e. The van der Waals surface area contributed by atoms with Gasteiger partial charge in [-0.15, -0.1) is 0 Å². The minimum atomic E-state index is -3.61. The summed E-state index contributed by atoms with van der Waals surface area (Å²) in [5.74, 6) is 2.35. The Bertz CT molecular complexity index is 1190. The third kappa shape index (κ3) is 5.20. The minimum absolute atomic E-state index is 0.163. The van der Waals surface area contributed by atoms with Crippen molar-refractivity contribution in [2.24, 2.45) is 0 Å². The van der Waals surface area contributed by atoms with Crippen molar-refractivity contribution in [1.29, 1.82) is 0 Å². The van der Waals surface area contributed by atoms with E-state index in [1.54, 1.807) is 52.3 Å². The van der Waals surface area contributed by atoms with Crippen LogP contribution < -0.4 is 19.5 Å². The molecule has 0 saturated carbocycles. The third-order valence-electron chi connectivity index (χ3n) is 5.06. The maximum atomic E-state index is 12.9. The third-order valence-corrected chi connectivity index (χ3v) is 7.11. The molecule has 3 aromatic rings. The first-order chi connectivity index (χ1) is 15.9. The van der Waals surface area contributed by atoms with Crippen molar-refractivity contribution in [1.82, 2.24) is 14.4 Å². The maximum absolute atomic E-state index is 12.9. The average molecular weight is 477 g/mol. The van der Waals surface area contributed by atoms with Gasteiger partial charge in [0.1, 0.15) is 17.2 Å². The average Bonchev–Trinajstić information content (AvgIpc) is 3.31. The number of rotatable bonds is 11. The van der Waals surface area contributed by atoms with E-state index in [0.717, 1.165) is 0 Å². The van der Waals surface area contributed by atoms with Crippen LogP contribution in [0.2, 0.25) is 0 Å². The van der Waals surface area contributed by atoms with Gasteiger partial charge in [-0.1, -0.05) is 19.0 Å². The highest BCUT2D eigenvalue weighted by molar-refractivity contribution is 7.89. The topological polar surface area (TPSA) is 116 Å². The molecular weight excluding hydrogens is 448 g/mol. The van der Waals surface area contributed by atoms with Crippen LogP contribution in [0.3, 0.4) is 0 Å². The van der Waals surface area contributed by atoms with Crippen LogP contribution >= 0.6 is 0 Å². The molecule has 0 aliphatic rings. The molecule has 1 aromatic heterocycles. The molecule has 2 aromatic carbocycles. The molecule has 10 nitrogen and oxygen atoms in total. The molecular formula is C22H28N4O6S. The smallest absolute Gasteiger partial charge is 0.246 e. The molecule has 3 rings (SSSR count). The largest absolute Gasteiger partial charge is 0.497 e. The van der Waals surface area contributed by atoms with Crippen LogP contribution in [-0.2, 0) is 16.6 Å². The van der Waals surface area contributed by atoms with Gasteiger partial charge < -0.3 is 24.1 Å². The first kappa shape index (κ1) is 24.3. The SMILES string of the molecule is CCN(CC)S(=O)(=O)c1ccc(OC)c(NCc2nc(-c3ccc(OC)cc3OC)no2)c1. The Balaban J connectivity index is 1.83. The van der Waals surface area contributed by atoms with Gasteiger partial charge in [0.2, 0.25) is 21.7 Å². The van der Waals surface area contributed by atoms with E-state index < -0.39 is 10.0 Å². The van der Waals surface area contributed by atoms with Crippen molar-refractivity contribution in [2.75, 3.05) is 39.7 Å². The number of methoxy groups -OCH3 is 3. The molecule has 178 valence electrons. The van der Waals surface area contributed by atoms with Crippen molar-refractivity contribution in [3.63, 3.8) is 0 Å². The zero-order valence-electron chi connectivity index (χ0n) is 19.3. The van der Waals surface area contributed by atoms with Crippen LogP contribution in [0, 0.1) is 0 Å². The standard InChI is InChI=1S/C22H28N4O6S/c1-6-26(7-2)33(27,28)16-9-11-19(30-4)18(13-16)23-14-21-24-22(25-32-21)17-10-8-15(29-3)12-20(17)31-5/h8-13,23H,6-7,14H2,1-5H3. The first-order valence-corrected chi connectivity index (χ1v) is 11.8. The fourth-order valence-electron chi connectivity index (χ4n) is 3.29. The van der Waals surface area contributed by atoms with Crippen molar-refractivity contribution in [3.05, 3.63) is 42.3 Å². The van der Waals surface area contributed by atoms with E-state index in [4.69, 9.17) is 18.7 Å². The second-order valence-corrected chi connectivity index (χ2v) is 8.82. The van der Waals surface area contributed by atoms with Gasteiger partial charge in [-0.2, -0.15) is 9.29 Å². The van der Waals surface area contributed by atoms with Gasteiger partial charge in [0, 0.05) is 19.2 Å². The van der Waals surface area contributed by atoms with Crippen molar-refractivity contribution in [2.45, 2.75) is 25.3 Å². The Labute approximate surface area is 193 Å². The normalized spacial score (nSPS) is 11.5. The number of nitrogens with zero attached hydrogens (tertiary/aromatic N) is 3. The van der Waals surface area contributed by atoms with Gasteiger partial charge in [-0.3, -0.25) is 0 Å². The molecule has 0 amide bonds. The summed E-state index contributed by atoms with van der Waals surface area (Å²) < 4.78 is 48.5. The van der Waals surface area contributed by atoms with Crippen LogP contribution in [0.5, 0.6) is 17.2 Å². The molecule has 0 aliphatic carbocycles. The molecule has 33 heavy (non-hydrogen) atoms. The summed E-state index contributed by atoms with van der Waals surface area (Å²) >= 11 is 0. The Morgan fingerprint density at radius 3 is 2.33 bits per heavy atom. The molecule has 0 radical (unpaired) electrons. The van der Waals surface area contributed by atoms with E-state index in [2.05, 4.69) is 15.5 Å². The van der Waals surface area contributed by atoms with Crippen LogP contribution in [0.25, 0.3) is 11.4 Å². The highest BCUT2D eigenvalue weighted by Gasteiger charge is 2.23. The molecule has 0 spiro atoms. The predicted molar refractivity (Wildman–Crippen MR) is 123 cm³/mol. The van der Waals surface area contributed by atoms with Crippen LogP contribution in [0.15, 0.2) is 45.8 Å². The Morgan fingerprint density at radius 1 is 0.970 bits per heavy atom. The number of benzene rings is 2. The second kappa shape index (κ2) is 10.5. The molecule has 11 heteroatoms. The second-order valence-electron chi connectivity index (χ2n) is 6.88. The van der Waals surface area contributed by atoms with E-state index in [9.17, 15) is 8.42 Å². The van der Waals surface area contributed by atoms with Gasteiger partial charge in [0.25, 0.3) is 0 Å². The maximum Gasteiger partial charge on any atom is 0.246 e. The van der Waals surface area contributed by atoms with Gasteiger partial charge in [-0.25, -0.2) is 8.42 Å². The molecule has 0 aliphatic heterocycles. The lowest BCUT2D eigenvalue weighted by atomic mass is 10.2. The monoisotopic (exact) mass is 476 g/mol.